The standard InChI is InChI=1S/C26H33N3O2/c27-25(31)26(17-21-8-11-22(12-9-21)23-7-3-15-28-18-23)14-4-16-29(19-26)24(30)13-10-20-5-1-2-6-20/h3,7-9,11-12,15,18,20H,1-2,4-6,10,13-14,16-17,19H2,(H2,27,31)/t26-/m1/s1. The van der Waals surface area contributed by atoms with Gasteiger partial charge in [-0.05, 0) is 54.4 Å². The predicted molar refractivity (Wildman–Crippen MR) is 122 cm³/mol. The summed E-state index contributed by atoms with van der Waals surface area (Å²) in [4.78, 5) is 31.5. The van der Waals surface area contributed by atoms with Gasteiger partial charge in [-0.1, -0.05) is 56.0 Å². The fourth-order valence-electron chi connectivity index (χ4n) is 5.30. The summed E-state index contributed by atoms with van der Waals surface area (Å²) in [5.74, 6) is 0.592. The Kier molecular flexibility index (Phi) is 6.69. The molecule has 1 aliphatic heterocycles. The van der Waals surface area contributed by atoms with Crippen LogP contribution >= 0.6 is 0 Å². The van der Waals surface area contributed by atoms with Crippen LogP contribution in [0.25, 0.3) is 11.1 Å². The van der Waals surface area contributed by atoms with Crippen molar-refractivity contribution in [2.45, 2.75) is 57.8 Å². The summed E-state index contributed by atoms with van der Waals surface area (Å²) in [6.45, 7) is 1.18. The number of aromatic nitrogens is 1. The first-order chi connectivity index (χ1) is 15.1. The minimum Gasteiger partial charge on any atom is -0.369 e. The number of rotatable bonds is 7. The molecular formula is C26H33N3O2. The maximum Gasteiger partial charge on any atom is 0.225 e. The fraction of sp³-hybridized carbons (Fsp3) is 0.500. The van der Waals surface area contributed by atoms with Crippen molar-refractivity contribution in [1.82, 2.24) is 9.88 Å². The van der Waals surface area contributed by atoms with Gasteiger partial charge < -0.3 is 10.6 Å². The van der Waals surface area contributed by atoms with Gasteiger partial charge in [0.05, 0.1) is 5.41 Å². The number of carbonyl (C=O) groups excluding carboxylic acids is 2. The van der Waals surface area contributed by atoms with E-state index < -0.39 is 5.41 Å². The van der Waals surface area contributed by atoms with Crippen molar-refractivity contribution >= 4 is 11.8 Å². The normalized spacial score (nSPS) is 21.9. The SMILES string of the molecule is NC(=O)[C@@]1(Cc2ccc(-c3cccnc3)cc2)CCCN(C(=O)CCC2CCCC2)C1. The number of amides is 2. The fourth-order valence-corrected chi connectivity index (χ4v) is 5.30. The summed E-state index contributed by atoms with van der Waals surface area (Å²) in [6, 6.07) is 12.2. The molecule has 0 spiro atoms. The number of benzene rings is 1. The Bertz CT molecular complexity index is 891. The Hall–Kier alpha value is -2.69. The number of hydrogen-bond donors (Lipinski definition) is 1. The Morgan fingerprint density at radius 3 is 2.52 bits per heavy atom. The van der Waals surface area contributed by atoms with Crippen LogP contribution in [-0.4, -0.2) is 34.8 Å². The minimum atomic E-state index is -0.683. The van der Waals surface area contributed by atoms with Gasteiger partial charge in [-0.15, -0.1) is 0 Å². The van der Waals surface area contributed by atoms with Gasteiger partial charge >= 0.3 is 0 Å². The van der Waals surface area contributed by atoms with Crippen LogP contribution in [0.15, 0.2) is 48.8 Å². The van der Waals surface area contributed by atoms with Crippen molar-refractivity contribution in [3.8, 4) is 11.1 Å². The van der Waals surface area contributed by atoms with Gasteiger partial charge in [0.2, 0.25) is 11.8 Å². The highest BCUT2D eigenvalue weighted by Crippen LogP contribution is 2.35. The van der Waals surface area contributed by atoms with E-state index in [1.54, 1.807) is 6.20 Å². The Morgan fingerprint density at radius 1 is 1.06 bits per heavy atom. The van der Waals surface area contributed by atoms with Gasteiger partial charge in [0.15, 0.2) is 0 Å². The third kappa shape index (κ3) is 5.15. The molecule has 1 aromatic carbocycles. The largest absolute Gasteiger partial charge is 0.369 e. The third-order valence-corrected chi connectivity index (χ3v) is 7.18. The topological polar surface area (TPSA) is 76.3 Å². The molecule has 0 unspecified atom stereocenters. The summed E-state index contributed by atoms with van der Waals surface area (Å²) in [5, 5.41) is 0. The van der Waals surface area contributed by atoms with E-state index in [9.17, 15) is 9.59 Å². The van der Waals surface area contributed by atoms with Gasteiger partial charge in [-0.3, -0.25) is 14.6 Å². The number of hydrogen-bond acceptors (Lipinski definition) is 3. The first kappa shape index (κ1) is 21.5. The van der Waals surface area contributed by atoms with Crippen LogP contribution in [0.1, 0.15) is 56.9 Å². The molecule has 0 radical (unpaired) electrons. The van der Waals surface area contributed by atoms with E-state index in [-0.39, 0.29) is 11.8 Å². The molecule has 5 nitrogen and oxygen atoms in total. The molecule has 1 saturated heterocycles. The maximum atomic E-state index is 12.9. The van der Waals surface area contributed by atoms with E-state index >= 15 is 0 Å². The molecule has 2 heterocycles. The lowest BCUT2D eigenvalue weighted by molar-refractivity contribution is -0.140. The lowest BCUT2D eigenvalue weighted by atomic mass is 9.74. The van der Waals surface area contributed by atoms with Crippen molar-refractivity contribution in [2.75, 3.05) is 13.1 Å². The van der Waals surface area contributed by atoms with E-state index in [0.29, 0.717) is 25.3 Å². The van der Waals surface area contributed by atoms with Crippen LogP contribution < -0.4 is 5.73 Å². The van der Waals surface area contributed by atoms with Crippen molar-refractivity contribution in [3.63, 3.8) is 0 Å². The van der Waals surface area contributed by atoms with Crippen LogP contribution in [0.2, 0.25) is 0 Å². The van der Waals surface area contributed by atoms with E-state index in [2.05, 4.69) is 29.2 Å². The summed E-state index contributed by atoms with van der Waals surface area (Å²) in [7, 11) is 0. The van der Waals surface area contributed by atoms with E-state index in [1.165, 1.54) is 25.7 Å². The highest BCUT2D eigenvalue weighted by molar-refractivity contribution is 5.83. The first-order valence-corrected chi connectivity index (χ1v) is 11.6. The van der Waals surface area contributed by atoms with E-state index in [1.807, 2.05) is 23.2 Å². The number of nitrogens with two attached hydrogens (primary N) is 1. The third-order valence-electron chi connectivity index (χ3n) is 7.18. The number of piperidine rings is 1. The molecule has 31 heavy (non-hydrogen) atoms. The smallest absolute Gasteiger partial charge is 0.225 e. The zero-order valence-corrected chi connectivity index (χ0v) is 18.3. The van der Waals surface area contributed by atoms with Gasteiger partial charge in [-0.25, -0.2) is 0 Å². The Morgan fingerprint density at radius 2 is 1.84 bits per heavy atom. The van der Waals surface area contributed by atoms with E-state index in [4.69, 9.17) is 5.73 Å². The molecule has 2 aliphatic rings. The quantitative estimate of drug-likeness (QED) is 0.725. The molecule has 5 heteroatoms. The van der Waals surface area contributed by atoms with E-state index in [0.717, 1.165) is 42.5 Å². The zero-order valence-electron chi connectivity index (χ0n) is 18.3. The molecule has 1 aromatic heterocycles. The number of pyridine rings is 1. The molecule has 2 N–H and O–H groups in total. The molecule has 4 rings (SSSR count). The van der Waals surface area contributed by atoms with Crippen molar-refractivity contribution in [1.29, 1.82) is 0 Å². The Labute approximate surface area is 185 Å². The average Bonchev–Trinajstić information content (AvgIpc) is 3.32. The van der Waals surface area contributed by atoms with Crippen LogP contribution in [0.5, 0.6) is 0 Å². The molecular weight excluding hydrogens is 386 g/mol. The number of nitrogens with zero attached hydrogens (tertiary/aromatic N) is 2. The zero-order chi connectivity index (χ0) is 21.7. The van der Waals surface area contributed by atoms with Crippen LogP contribution in [0, 0.1) is 11.3 Å². The molecule has 2 fully saturated rings. The van der Waals surface area contributed by atoms with Gasteiger partial charge in [0, 0.05) is 31.9 Å². The molecule has 0 bridgehead atoms. The molecule has 2 amide bonds. The van der Waals surface area contributed by atoms with Crippen molar-refractivity contribution < 1.29 is 9.59 Å². The van der Waals surface area contributed by atoms with Gasteiger partial charge in [-0.2, -0.15) is 0 Å². The second-order valence-corrected chi connectivity index (χ2v) is 9.37. The molecule has 164 valence electrons. The van der Waals surface area contributed by atoms with Crippen molar-refractivity contribution in [2.24, 2.45) is 17.1 Å². The van der Waals surface area contributed by atoms with Crippen LogP contribution in [0.4, 0.5) is 0 Å². The number of carbonyl (C=O) groups is 2. The highest BCUT2D eigenvalue weighted by atomic mass is 16.2. The number of likely N-dealkylation sites (tertiary alicyclic amines) is 1. The summed E-state index contributed by atoms with van der Waals surface area (Å²) < 4.78 is 0. The highest BCUT2D eigenvalue weighted by Gasteiger charge is 2.42. The predicted octanol–water partition coefficient (Wildman–Crippen LogP) is 4.36. The molecule has 1 atom stereocenters. The summed E-state index contributed by atoms with van der Waals surface area (Å²) in [6.07, 6.45) is 12.4. The maximum absolute atomic E-state index is 12.9. The lowest BCUT2D eigenvalue weighted by Crippen LogP contribution is -2.53. The minimum absolute atomic E-state index is 0.184. The average molecular weight is 420 g/mol. The lowest BCUT2D eigenvalue weighted by Gasteiger charge is -2.41. The first-order valence-electron chi connectivity index (χ1n) is 11.6. The van der Waals surface area contributed by atoms with Crippen LogP contribution in [0.3, 0.4) is 0 Å². The summed E-state index contributed by atoms with van der Waals surface area (Å²) in [5.41, 5.74) is 8.47. The number of primary amides is 1. The van der Waals surface area contributed by atoms with Gasteiger partial charge in [0.1, 0.15) is 0 Å². The van der Waals surface area contributed by atoms with Gasteiger partial charge in [0.25, 0.3) is 0 Å². The Balaban J connectivity index is 1.42. The molecule has 2 aromatic rings. The van der Waals surface area contributed by atoms with Crippen molar-refractivity contribution in [3.05, 3.63) is 54.4 Å². The second kappa shape index (κ2) is 9.63. The van der Waals surface area contributed by atoms with Crippen LogP contribution in [-0.2, 0) is 16.0 Å². The monoisotopic (exact) mass is 419 g/mol. The molecule has 1 aliphatic carbocycles. The second-order valence-electron chi connectivity index (χ2n) is 9.37. The summed E-state index contributed by atoms with van der Waals surface area (Å²) >= 11 is 0. The molecule has 1 saturated carbocycles.